The largest absolute Gasteiger partial charge is 0.383 e. The fourth-order valence-electron chi connectivity index (χ4n) is 7.19. The van der Waals surface area contributed by atoms with Crippen molar-refractivity contribution in [3.8, 4) is 22.6 Å². The first-order chi connectivity index (χ1) is 19.1. The summed E-state index contributed by atoms with van der Waals surface area (Å²) in [6, 6.07) is 16.5. The molecule has 4 heteroatoms. The summed E-state index contributed by atoms with van der Waals surface area (Å²) in [6.07, 6.45) is 13.1. The Morgan fingerprint density at radius 1 is 0.872 bits per heavy atom. The molecule has 0 bridgehead atoms. The van der Waals surface area contributed by atoms with Gasteiger partial charge in [0.25, 0.3) is 0 Å². The number of rotatable bonds is 10. The minimum Gasteiger partial charge on any atom is -0.383 e. The van der Waals surface area contributed by atoms with Crippen molar-refractivity contribution in [2.75, 3.05) is 20.3 Å². The molecule has 2 aromatic carbocycles. The van der Waals surface area contributed by atoms with E-state index in [0.717, 1.165) is 43.4 Å². The van der Waals surface area contributed by atoms with Gasteiger partial charge in [-0.25, -0.2) is 4.98 Å². The smallest absolute Gasteiger partial charge is 0.141 e. The maximum atomic E-state index is 5.68. The van der Waals surface area contributed by atoms with Crippen molar-refractivity contribution in [2.45, 2.75) is 104 Å². The van der Waals surface area contributed by atoms with Gasteiger partial charge in [0.15, 0.2) is 0 Å². The molecule has 0 N–H and O–H groups in total. The van der Waals surface area contributed by atoms with Crippen molar-refractivity contribution in [3.63, 3.8) is 0 Å². The van der Waals surface area contributed by atoms with Crippen molar-refractivity contribution in [3.05, 3.63) is 64.8 Å². The molecule has 4 nitrogen and oxygen atoms in total. The number of hydrogen-bond donors (Lipinski definition) is 0. The minimum atomic E-state index is 0.686. The van der Waals surface area contributed by atoms with E-state index in [4.69, 9.17) is 9.72 Å². The lowest BCUT2D eigenvalue weighted by atomic mass is 9.80. The Morgan fingerprint density at radius 3 is 2.23 bits per heavy atom. The average molecular weight is 528 g/mol. The van der Waals surface area contributed by atoms with Gasteiger partial charge in [-0.05, 0) is 69.0 Å². The lowest BCUT2D eigenvalue weighted by Crippen LogP contribution is -2.44. The molecule has 1 aliphatic heterocycles. The van der Waals surface area contributed by atoms with Crippen LogP contribution in [-0.2, 0) is 30.7 Å². The van der Waals surface area contributed by atoms with Gasteiger partial charge in [-0.3, -0.25) is 4.90 Å². The minimum absolute atomic E-state index is 0.686. The van der Waals surface area contributed by atoms with Gasteiger partial charge >= 0.3 is 0 Å². The number of ether oxygens (including phenoxy) is 1. The first-order valence-corrected chi connectivity index (χ1v) is 15.6. The molecule has 2 fully saturated rings. The van der Waals surface area contributed by atoms with Crippen LogP contribution in [-0.4, -0.2) is 40.8 Å². The highest BCUT2D eigenvalue weighted by Gasteiger charge is 2.33. The number of hydrogen-bond acceptors (Lipinski definition) is 3. The third-order valence-electron chi connectivity index (χ3n) is 9.35. The molecule has 0 radical (unpaired) electrons. The molecule has 1 unspecified atom stereocenters. The first kappa shape index (κ1) is 28.1. The Morgan fingerprint density at radius 2 is 1.56 bits per heavy atom. The van der Waals surface area contributed by atoms with Crippen LogP contribution in [0.3, 0.4) is 0 Å². The predicted octanol–water partition coefficient (Wildman–Crippen LogP) is 8.23. The first-order valence-electron chi connectivity index (χ1n) is 15.6. The normalized spacial score (nSPS) is 19.0. The maximum Gasteiger partial charge on any atom is 0.141 e. The third kappa shape index (κ3) is 6.18. The fourth-order valence-corrected chi connectivity index (χ4v) is 7.19. The second kappa shape index (κ2) is 13.3. The van der Waals surface area contributed by atoms with Crippen LogP contribution in [0, 0.1) is 12.8 Å². The molecule has 5 rings (SSSR count). The monoisotopic (exact) mass is 527 g/mol. The van der Waals surface area contributed by atoms with Crippen LogP contribution in [0.4, 0.5) is 0 Å². The van der Waals surface area contributed by atoms with Gasteiger partial charge in [-0.15, -0.1) is 0 Å². The van der Waals surface area contributed by atoms with E-state index < -0.39 is 0 Å². The SMILES string of the molecule is CCc1cccc(CC)c1-c1nc(-c2ccc(C)cc2)c(CN2CCCCC2C2CCCCC2)n1CCOC. The van der Waals surface area contributed by atoms with E-state index in [1.807, 2.05) is 7.11 Å². The van der Waals surface area contributed by atoms with Crippen LogP contribution in [0.15, 0.2) is 42.5 Å². The molecular formula is C35H49N3O. The summed E-state index contributed by atoms with van der Waals surface area (Å²) >= 11 is 0. The van der Waals surface area contributed by atoms with Crippen molar-refractivity contribution < 1.29 is 4.74 Å². The number of imidazole rings is 1. The van der Waals surface area contributed by atoms with Crippen molar-refractivity contribution in [1.29, 1.82) is 0 Å². The summed E-state index contributed by atoms with van der Waals surface area (Å²) < 4.78 is 8.21. The van der Waals surface area contributed by atoms with E-state index >= 15 is 0 Å². The zero-order valence-corrected chi connectivity index (χ0v) is 24.8. The highest BCUT2D eigenvalue weighted by atomic mass is 16.5. The average Bonchev–Trinajstić information content (AvgIpc) is 3.33. The fraction of sp³-hybridized carbons (Fsp3) is 0.571. The summed E-state index contributed by atoms with van der Waals surface area (Å²) in [6.45, 7) is 10.4. The highest BCUT2D eigenvalue weighted by molar-refractivity contribution is 5.72. The maximum absolute atomic E-state index is 5.68. The molecule has 39 heavy (non-hydrogen) atoms. The summed E-state index contributed by atoms with van der Waals surface area (Å²) in [5.41, 5.74) is 9.14. The molecule has 210 valence electrons. The number of aromatic nitrogens is 2. The van der Waals surface area contributed by atoms with Crippen LogP contribution in [0.2, 0.25) is 0 Å². The second-order valence-corrected chi connectivity index (χ2v) is 11.8. The quantitative estimate of drug-likeness (QED) is 0.266. The number of methoxy groups -OCH3 is 1. The Bertz CT molecular complexity index is 1180. The number of benzene rings is 2. The van der Waals surface area contributed by atoms with Gasteiger partial charge in [0.05, 0.1) is 18.0 Å². The molecule has 1 aromatic heterocycles. The zero-order valence-electron chi connectivity index (χ0n) is 24.8. The van der Waals surface area contributed by atoms with Gasteiger partial charge < -0.3 is 9.30 Å². The van der Waals surface area contributed by atoms with Gasteiger partial charge in [-0.2, -0.15) is 0 Å². The molecule has 2 aliphatic rings. The van der Waals surface area contributed by atoms with Crippen LogP contribution in [0.1, 0.15) is 87.6 Å². The van der Waals surface area contributed by atoms with E-state index in [1.165, 1.54) is 91.4 Å². The lowest BCUT2D eigenvalue weighted by Gasteiger charge is -2.42. The predicted molar refractivity (Wildman–Crippen MR) is 163 cm³/mol. The molecule has 1 atom stereocenters. The van der Waals surface area contributed by atoms with Crippen LogP contribution >= 0.6 is 0 Å². The van der Waals surface area contributed by atoms with Gasteiger partial charge in [-0.1, -0.05) is 87.6 Å². The van der Waals surface area contributed by atoms with Crippen molar-refractivity contribution in [2.24, 2.45) is 5.92 Å². The number of aryl methyl sites for hydroxylation is 3. The summed E-state index contributed by atoms with van der Waals surface area (Å²) in [5.74, 6) is 1.97. The highest BCUT2D eigenvalue weighted by Crippen LogP contribution is 2.38. The Balaban J connectivity index is 1.65. The van der Waals surface area contributed by atoms with Crippen molar-refractivity contribution in [1.82, 2.24) is 14.5 Å². The van der Waals surface area contributed by atoms with Crippen LogP contribution in [0.25, 0.3) is 22.6 Å². The van der Waals surface area contributed by atoms with Gasteiger partial charge in [0.1, 0.15) is 5.82 Å². The van der Waals surface area contributed by atoms with Crippen molar-refractivity contribution >= 4 is 0 Å². The Labute approximate surface area is 236 Å². The van der Waals surface area contributed by atoms with Crippen LogP contribution < -0.4 is 0 Å². The lowest BCUT2D eigenvalue weighted by molar-refractivity contribution is 0.0724. The zero-order chi connectivity index (χ0) is 27.2. The molecule has 1 saturated heterocycles. The van der Waals surface area contributed by atoms with E-state index in [-0.39, 0.29) is 0 Å². The molecule has 0 amide bonds. The van der Waals surface area contributed by atoms with Gasteiger partial charge in [0.2, 0.25) is 0 Å². The van der Waals surface area contributed by atoms with E-state index in [2.05, 4.69) is 72.7 Å². The molecule has 0 spiro atoms. The van der Waals surface area contributed by atoms with Crippen LogP contribution in [0.5, 0.6) is 0 Å². The Kier molecular flexibility index (Phi) is 9.57. The molecule has 2 heterocycles. The number of nitrogens with zero attached hydrogens (tertiary/aromatic N) is 3. The summed E-state index contributed by atoms with van der Waals surface area (Å²) in [7, 11) is 1.82. The molecular weight excluding hydrogens is 478 g/mol. The summed E-state index contributed by atoms with van der Waals surface area (Å²) in [5, 5.41) is 0. The standard InChI is InChI=1S/C35H49N3O/c1-5-27-15-12-16-28(6-2)33(27)35-36-34(30-20-18-26(3)19-21-30)32(38(35)23-24-39-4)25-37-22-11-10-17-31(37)29-13-8-7-9-14-29/h12,15-16,18-21,29,31H,5-11,13-14,17,22-25H2,1-4H3. The van der Waals surface area contributed by atoms with E-state index in [0.29, 0.717) is 12.6 Å². The molecule has 1 aliphatic carbocycles. The number of likely N-dealkylation sites (tertiary alicyclic amines) is 1. The summed E-state index contributed by atoms with van der Waals surface area (Å²) in [4.78, 5) is 8.38. The second-order valence-electron chi connectivity index (χ2n) is 11.8. The topological polar surface area (TPSA) is 30.3 Å². The number of piperidine rings is 1. The van der Waals surface area contributed by atoms with Gasteiger partial charge in [0, 0.05) is 37.4 Å². The van der Waals surface area contributed by atoms with E-state index in [1.54, 1.807) is 0 Å². The molecule has 3 aromatic rings. The third-order valence-corrected chi connectivity index (χ3v) is 9.35. The molecule has 1 saturated carbocycles. The van der Waals surface area contributed by atoms with E-state index in [9.17, 15) is 0 Å². The Hall–Kier alpha value is -2.43.